The summed E-state index contributed by atoms with van der Waals surface area (Å²) in [5, 5.41) is 2.34. The molecule has 0 fully saturated rings. The molecule has 0 aliphatic heterocycles. The van der Waals surface area contributed by atoms with Gasteiger partial charge in [0.25, 0.3) is 0 Å². The van der Waals surface area contributed by atoms with Crippen LogP contribution in [0.25, 0.3) is 38.9 Å². The van der Waals surface area contributed by atoms with E-state index in [1.165, 1.54) is 22.1 Å². The molecule has 0 aliphatic carbocycles. The van der Waals surface area contributed by atoms with Gasteiger partial charge in [-0.1, -0.05) is 95.3 Å². The van der Waals surface area contributed by atoms with Crippen molar-refractivity contribution in [2.45, 2.75) is 45.4 Å². The number of pyridine rings is 2. The summed E-state index contributed by atoms with van der Waals surface area (Å²) in [5.41, 5.74) is 7.71. The van der Waals surface area contributed by atoms with Crippen LogP contribution in [0.1, 0.15) is 51.3 Å². The molecule has 0 atom stereocenters. The number of fused-ring (bicyclic) bond motifs is 3. The summed E-state index contributed by atoms with van der Waals surface area (Å²) in [7, 11) is 0. The van der Waals surface area contributed by atoms with Crippen molar-refractivity contribution < 1.29 is 4.74 Å². The second-order valence-corrected chi connectivity index (χ2v) is 13.2. The van der Waals surface area contributed by atoms with Crippen LogP contribution in [0.4, 0.5) is 0 Å². The smallest absolute Gasteiger partial charge is 0.137 e. The number of hydrogen-bond acceptors (Lipinski definition) is 3. The summed E-state index contributed by atoms with van der Waals surface area (Å²) < 4.78 is 8.76. The van der Waals surface area contributed by atoms with Crippen LogP contribution in [-0.4, -0.2) is 14.5 Å². The lowest BCUT2D eigenvalue weighted by atomic mass is 9.78. The maximum atomic E-state index is 6.51. The molecule has 0 saturated heterocycles. The number of hydrogen-bond donors (Lipinski definition) is 0. The Morgan fingerprint density at radius 1 is 0.533 bits per heavy atom. The third-order valence-electron chi connectivity index (χ3n) is 8.83. The van der Waals surface area contributed by atoms with E-state index in [2.05, 4.69) is 147 Å². The Balaban J connectivity index is 1.29. The van der Waals surface area contributed by atoms with Gasteiger partial charge >= 0.3 is 0 Å². The van der Waals surface area contributed by atoms with Crippen molar-refractivity contribution in [3.8, 4) is 28.6 Å². The zero-order valence-corrected chi connectivity index (χ0v) is 26.5. The minimum absolute atomic E-state index is 0.0470. The molecule has 7 aromatic rings. The highest BCUT2D eigenvalue weighted by molar-refractivity contribution is 6.09. The van der Waals surface area contributed by atoms with Gasteiger partial charge in [-0.2, -0.15) is 0 Å². The molecule has 222 valence electrons. The van der Waals surface area contributed by atoms with Crippen molar-refractivity contribution in [2.24, 2.45) is 0 Å². The molecule has 4 aromatic carbocycles. The number of rotatable bonds is 6. The Morgan fingerprint density at radius 3 is 2.07 bits per heavy atom. The summed E-state index contributed by atoms with van der Waals surface area (Å²) in [6.07, 6.45) is 3.81. The monoisotopic (exact) mass is 587 g/mol. The van der Waals surface area contributed by atoms with Crippen LogP contribution in [0.2, 0.25) is 0 Å². The van der Waals surface area contributed by atoms with Gasteiger partial charge < -0.3 is 4.74 Å². The maximum absolute atomic E-state index is 6.51. The average Bonchev–Trinajstić information content (AvgIpc) is 3.38. The van der Waals surface area contributed by atoms with Crippen molar-refractivity contribution in [2.75, 3.05) is 0 Å². The zero-order valence-electron chi connectivity index (χ0n) is 26.5. The van der Waals surface area contributed by atoms with E-state index in [4.69, 9.17) is 9.72 Å². The molecule has 0 N–H and O–H groups in total. The second kappa shape index (κ2) is 11.0. The molecule has 0 radical (unpaired) electrons. The molecule has 3 heterocycles. The van der Waals surface area contributed by atoms with Crippen LogP contribution in [0.3, 0.4) is 0 Å². The lowest BCUT2D eigenvalue weighted by molar-refractivity contribution is 0.483. The Kier molecular flexibility index (Phi) is 7.01. The fraction of sp³-hybridized carbons (Fsp3) is 0.171. The predicted octanol–water partition coefficient (Wildman–Crippen LogP) is 10.7. The predicted molar refractivity (Wildman–Crippen MR) is 186 cm³/mol. The third-order valence-corrected chi connectivity index (χ3v) is 8.83. The molecular weight excluding hydrogens is 550 g/mol. The zero-order chi connectivity index (χ0) is 31.2. The van der Waals surface area contributed by atoms with Gasteiger partial charge in [0.05, 0.1) is 16.7 Å². The number of benzene rings is 4. The molecule has 0 amide bonds. The van der Waals surface area contributed by atoms with Gasteiger partial charge in [0.15, 0.2) is 0 Å². The van der Waals surface area contributed by atoms with Crippen LogP contribution < -0.4 is 4.74 Å². The minimum Gasteiger partial charge on any atom is -0.457 e. The van der Waals surface area contributed by atoms with Gasteiger partial charge in [-0.05, 0) is 76.7 Å². The first-order chi connectivity index (χ1) is 21.7. The van der Waals surface area contributed by atoms with Crippen LogP contribution in [0.15, 0.2) is 134 Å². The van der Waals surface area contributed by atoms with E-state index in [1.807, 2.05) is 30.6 Å². The molecule has 0 unspecified atom stereocenters. The van der Waals surface area contributed by atoms with Crippen LogP contribution in [-0.2, 0) is 10.8 Å². The van der Waals surface area contributed by atoms with E-state index < -0.39 is 0 Å². The Labute approximate surface area is 265 Å². The lowest BCUT2D eigenvalue weighted by Gasteiger charge is -2.26. The van der Waals surface area contributed by atoms with Gasteiger partial charge in [0.2, 0.25) is 0 Å². The van der Waals surface area contributed by atoms with E-state index in [0.29, 0.717) is 0 Å². The Morgan fingerprint density at radius 2 is 1.24 bits per heavy atom. The summed E-state index contributed by atoms with van der Waals surface area (Å²) in [4.78, 5) is 9.55. The summed E-state index contributed by atoms with van der Waals surface area (Å²) >= 11 is 0. The van der Waals surface area contributed by atoms with E-state index in [1.54, 1.807) is 0 Å². The SMILES string of the molecule is CC(C)(C)c1ccnc(-c2cccc(Oc3ccc4c5ccccc5n(-c5cc(C(C)(C)c6ccccc6)ccn5)c4c3)c2)c1. The van der Waals surface area contributed by atoms with Gasteiger partial charge in [-0.15, -0.1) is 0 Å². The van der Waals surface area contributed by atoms with Gasteiger partial charge in [0, 0.05) is 40.2 Å². The van der Waals surface area contributed by atoms with Crippen molar-refractivity contribution in [1.29, 1.82) is 0 Å². The van der Waals surface area contributed by atoms with E-state index >= 15 is 0 Å². The van der Waals surface area contributed by atoms with Crippen LogP contribution in [0, 0.1) is 0 Å². The fourth-order valence-electron chi connectivity index (χ4n) is 6.12. The normalized spacial score (nSPS) is 12.1. The highest BCUT2D eigenvalue weighted by Crippen LogP contribution is 2.37. The average molecular weight is 588 g/mol. The number of para-hydroxylation sites is 1. The first kappa shape index (κ1) is 28.5. The highest BCUT2D eigenvalue weighted by Gasteiger charge is 2.24. The summed E-state index contributed by atoms with van der Waals surface area (Å²) in [6, 6.07) is 42.2. The van der Waals surface area contributed by atoms with Gasteiger partial charge in [-0.3, -0.25) is 9.55 Å². The van der Waals surface area contributed by atoms with Crippen molar-refractivity contribution in [3.05, 3.63) is 150 Å². The summed E-state index contributed by atoms with van der Waals surface area (Å²) in [6.45, 7) is 11.2. The molecule has 45 heavy (non-hydrogen) atoms. The minimum atomic E-state index is -0.182. The molecule has 0 spiro atoms. The van der Waals surface area contributed by atoms with Crippen LogP contribution >= 0.6 is 0 Å². The van der Waals surface area contributed by atoms with E-state index in [-0.39, 0.29) is 10.8 Å². The first-order valence-electron chi connectivity index (χ1n) is 15.5. The number of nitrogens with zero attached hydrogens (tertiary/aromatic N) is 3. The van der Waals surface area contributed by atoms with E-state index in [9.17, 15) is 0 Å². The topological polar surface area (TPSA) is 39.9 Å². The number of aromatic nitrogens is 3. The molecule has 0 bridgehead atoms. The van der Waals surface area contributed by atoms with Crippen molar-refractivity contribution in [1.82, 2.24) is 14.5 Å². The Hall–Kier alpha value is -5.22. The molecule has 3 aromatic heterocycles. The summed E-state index contributed by atoms with van der Waals surface area (Å²) in [5.74, 6) is 2.41. The first-order valence-corrected chi connectivity index (χ1v) is 15.5. The largest absolute Gasteiger partial charge is 0.457 e. The molecule has 0 aliphatic rings. The third kappa shape index (κ3) is 5.38. The highest BCUT2D eigenvalue weighted by atomic mass is 16.5. The molecule has 4 nitrogen and oxygen atoms in total. The van der Waals surface area contributed by atoms with Crippen molar-refractivity contribution in [3.63, 3.8) is 0 Å². The lowest BCUT2D eigenvalue weighted by Crippen LogP contribution is -2.19. The molecule has 4 heteroatoms. The standard InChI is InChI=1S/C41H37N3O/c1-40(2,3)30-20-22-42-36(25-30)28-12-11-15-32(24-28)45-33-18-19-35-34-16-9-10-17-37(34)44(38(35)27-33)39-26-31(21-23-43-39)41(4,5)29-13-7-6-8-14-29/h6-27H,1-5H3. The van der Waals surface area contributed by atoms with Crippen molar-refractivity contribution >= 4 is 21.8 Å². The molecule has 7 rings (SSSR count). The fourth-order valence-corrected chi connectivity index (χ4v) is 6.12. The quantitative estimate of drug-likeness (QED) is 0.194. The van der Waals surface area contributed by atoms with Crippen LogP contribution in [0.5, 0.6) is 11.5 Å². The van der Waals surface area contributed by atoms with Gasteiger partial charge in [-0.25, -0.2) is 4.98 Å². The second-order valence-electron chi connectivity index (χ2n) is 13.2. The van der Waals surface area contributed by atoms with Gasteiger partial charge in [0.1, 0.15) is 17.3 Å². The number of ether oxygens (including phenoxy) is 1. The Bertz CT molecular complexity index is 2150. The maximum Gasteiger partial charge on any atom is 0.137 e. The molecular formula is C41H37N3O. The van der Waals surface area contributed by atoms with E-state index in [0.717, 1.165) is 45.0 Å². The molecule has 0 saturated carbocycles.